The number of H-pyrrole nitrogens is 1. The highest BCUT2D eigenvalue weighted by Crippen LogP contribution is 2.27. The van der Waals surface area contributed by atoms with Crippen LogP contribution in [0, 0.1) is 0 Å². The van der Waals surface area contributed by atoms with Crippen molar-refractivity contribution < 1.29 is 4.79 Å². The highest BCUT2D eigenvalue weighted by Gasteiger charge is 2.09. The van der Waals surface area contributed by atoms with Crippen molar-refractivity contribution in [2.24, 2.45) is 0 Å². The maximum Gasteiger partial charge on any atom is 0.224 e. The standard InChI is InChI=1S/C17H17N3O/c1-2-6-16(21)20-15-11-19-17-14(15)9-13(10-18-17)12-7-4-3-5-8-12/h3-5,7-11H,2,6H2,1H3,(H,18,19)(H,20,21). The Kier molecular flexibility index (Phi) is 3.69. The van der Waals surface area contributed by atoms with Gasteiger partial charge in [0, 0.05) is 29.8 Å². The molecule has 3 aromatic rings. The van der Waals surface area contributed by atoms with E-state index in [1.807, 2.05) is 43.5 Å². The van der Waals surface area contributed by atoms with Gasteiger partial charge in [-0.2, -0.15) is 0 Å². The second-order valence-corrected chi connectivity index (χ2v) is 4.99. The summed E-state index contributed by atoms with van der Waals surface area (Å²) in [6.45, 7) is 1.99. The minimum Gasteiger partial charge on any atom is -0.344 e. The zero-order chi connectivity index (χ0) is 14.7. The van der Waals surface area contributed by atoms with Crippen molar-refractivity contribution >= 4 is 22.6 Å². The maximum atomic E-state index is 11.8. The van der Waals surface area contributed by atoms with Crippen LogP contribution in [0.25, 0.3) is 22.2 Å². The molecule has 2 heterocycles. The Morgan fingerprint density at radius 3 is 2.81 bits per heavy atom. The van der Waals surface area contributed by atoms with Crippen LogP contribution in [0.4, 0.5) is 5.69 Å². The van der Waals surface area contributed by atoms with Gasteiger partial charge in [-0.25, -0.2) is 4.98 Å². The van der Waals surface area contributed by atoms with Gasteiger partial charge in [0.05, 0.1) is 5.69 Å². The number of hydrogen-bond acceptors (Lipinski definition) is 2. The Labute approximate surface area is 123 Å². The van der Waals surface area contributed by atoms with E-state index < -0.39 is 0 Å². The third-order valence-corrected chi connectivity index (χ3v) is 3.39. The zero-order valence-electron chi connectivity index (χ0n) is 11.9. The first kappa shape index (κ1) is 13.4. The van der Waals surface area contributed by atoms with Gasteiger partial charge >= 0.3 is 0 Å². The molecule has 0 saturated carbocycles. The minimum absolute atomic E-state index is 0.0310. The van der Waals surface area contributed by atoms with Crippen LogP contribution in [-0.2, 0) is 4.79 Å². The molecular weight excluding hydrogens is 262 g/mol. The van der Waals surface area contributed by atoms with Gasteiger partial charge in [-0.1, -0.05) is 37.3 Å². The highest BCUT2D eigenvalue weighted by molar-refractivity contribution is 6.01. The first-order valence-corrected chi connectivity index (χ1v) is 7.10. The predicted molar refractivity (Wildman–Crippen MR) is 85.1 cm³/mol. The van der Waals surface area contributed by atoms with Crippen LogP contribution in [0.15, 0.2) is 48.8 Å². The summed E-state index contributed by atoms with van der Waals surface area (Å²) in [4.78, 5) is 19.3. The van der Waals surface area contributed by atoms with Crippen LogP contribution >= 0.6 is 0 Å². The number of aromatic nitrogens is 2. The number of anilines is 1. The van der Waals surface area contributed by atoms with Crippen molar-refractivity contribution in [1.29, 1.82) is 0 Å². The van der Waals surface area contributed by atoms with Crippen molar-refractivity contribution in [3.8, 4) is 11.1 Å². The van der Waals surface area contributed by atoms with E-state index >= 15 is 0 Å². The van der Waals surface area contributed by atoms with Crippen molar-refractivity contribution in [2.45, 2.75) is 19.8 Å². The number of carbonyl (C=O) groups is 1. The van der Waals surface area contributed by atoms with Gasteiger partial charge in [0.25, 0.3) is 0 Å². The van der Waals surface area contributed by atoms with Crippen LogP contribution in [0.1, 0.15) is 19.8 Å². The van der Waals surface area contributed by atoms with E-state index in [2.05, 4.69) is 21.4 Å². The summed E-state index contributed by atoms with van der Waals surface area (Å²) in [5.74, 6) is 0.0310. The Morgan fingerprint density at radius 1 is 1.24 bits per heavy atom. The van der Waals surface area contributed by atoms with Gasteiger partial charge in [0.2, 0.25) is 5.91 Å². The SMILES string of the molecule is CCCC(=O)Nc1c[nH]c2ncc(-c3ccccc3)cc12. The third-order valence-electron chi connectivity index (χ3n) is 3.39. The van der Waals surface area contributed by atoms with E-state index in [1.165, 1.54) is 0 Å². The molecule has 0 aliphatic carbocycles. The molecule has 0 bridgehead atoms. The monoisotopic (exact) mass is 279 g/mol. The fourth-order valence-corrected chi connectivity index (χ4v) is 2.34. The number of amides is 1. The number of nitrogens with zero attached hydrogens (tertiary/aromatic N) is 1. The molecule has 0 spiro atoms. The molecule has 0 atom stereocenters. The Bertz CT molecular complexity index is 762. The number of rotatable bonds is 4. The first-order valence-electron chi connectivity index (χ1n) is 7.10. The highest BCUT2D eigenvalue weighted by atomic mass is 16.1. The Morgan fingerprint density at radius 2 is 2.05 bits per heavy atom. The third kappa shape index (κ3) is 2.79. The topological polar surface area (TPSA) is 57.8 Å². The zero-order valence-corrected chi connectivity index (χ0v) is 11.9. The van der Waals surface area contributed by atoms with Gasteiger partial charge in [0.1, 0.15) is 5.65 Å². The average molecular weight is 279 g/mol. The van der Waals surface area contributed by atoms with Crippen LogP contribution in [0.3, 0.4) is 0 Å². The fourth-order valence-electron chi connectivity index (χ4n) is 2.34. The fraction of sp³-hybridized carbons (Fsp3) is 0.176. The molecule has 0 fully saturated rings. The normalized spacial score (nSPS) is 10.7. The molecule has 0 aliphatic rings. The molecular formula is C17H17N3O. The van der Waals surface area contributed by atoms with E-state index in [4.69, 9.17) is 0 Å². The number of carbonyl (C=O) groups excluding carboxylic acids is 1. The molecule has 0 unspecified atom stereocenters. The lowest BCUT2D eigenvalue weighted by molar-refractivity contribution is -0.116. The smallest absolute Gasteiger partial charge is 0.224 e. The number of aromatic amines is 1. The lowest BCUT2D eigenvalue weighted by Crippen LogP contribution is -2.10. The molecule has 2 aromatic heterocycles. The summed E-state index contributed by atoms with van der Waals surface area (Å²) in [5.41, 5.74) is 3.71. The minimum atomic E-state index is 0.0310. The summed E-state index contributed by atoms with van der Waals surface area (Å²) in [6, 6.07) is 12.1. The van der Waals surface area contributed by atoms with Crippen molar-refractivity contribution in [3.05, 3.63) is 48.8 Å². The van der Waals surface area contributed by atoms with E-state index in [-0.39, 0.29) is 5.91 Å². The molecule has 0 aliphatic heterocycles. The van der Waals surface area contributed by atoms with Crippen LogP contribution in [-0.4, -0.2) is 15.9 Å². The van der Waals surface area contributed by atoms with Gasteiger partial charge in [0.15, 0.2) is 0 Å². The summed E-state index contributed by atoms with van der Waals surface area (Å²) >= 11 is 0. The second kappa shape index (κ2) is 5.79. The van der Waals surface area contributed by atoms with Gasteiger partial charge < -0.3 is 10.3 Å². The summed E-state index contributed by atoms with van der Waals surface area (Å²) in [5, 5.41) is 3.87. The molecule has 0 radical (unpaired) electrons. The van der Waals surface area contributed by atoms with E-state index in [1.54, 1.807) is 6.20 Å². The molecule has 4 nitrogen and oxygen atoms in total. The average Bonchev–Trinajstić information content (AvgIpc) is 2.91. The van der Waals surface area contributed by atoms with Crippen molar-refractivity contribution in [1.82, 2.24) is 9.97 Å². The summed E-state index contributed by atoms with van der Waals surface area (Å²) in [6.07, 6.45) is 4.99. The number of benzene rings is 1. The lowest BCUT2D eigenvalue weighted by atomic mass is 10.1. The molecule has 2 N–H and O–H groups in total. The second-order valence-electron chi connectivity index (χ2n) is 4.99. The number of nitrogens with one attached hydrogen (secondary N) is 2. The Balaban J connectivity index is 1.98. The van der Waals surface area contributed by atoms with Crippen molar-refractivity contribution in [3.63, 3.8) is 0 Å². The number of hydrogen-bond donors (Lipinski definition) is 2. The van der Waals surface area contributed by atoms with Gasteiger partial charge in [-0.05, 0) is 18.1 Å². The van der Waals surface area contributed by atoms with Crippen molar-refractivity contribution in [2.75, 3.05) is 5.32 Å². The first-order chi connectivity index (χ1) is 10.3. The number of fused-ring (bicyclic) bond motifs is 1. The molecule has 3 rings (SSSR count). The molecule has 21 heavy (non-hydrogen) atoms. The molecule has 106 valence electrons. The van der Waals surface area contributed by atoms with Gasteiger partial charge in [-0.15, -0.1) is 0 Å². The molecule has 1 aromatic carbocycles. The van der Waals surface area contributed by atoms with Gasteiger partial charge in [-0.3, -0.25) is 4.79 Å². The van der Waals surface area contributed by atoms with Crippen LogP contribution < -0.4 is 5.32 Å². The van der Waals surface area contributed by atoms with E-state index in [0.29, 0.717) is 6.42 Å². The lowest BCUT2D eigenvalue weighted by Gasteiger charge is -2.04. The van der Waals surface area contributed by atoms with E-state index in [9.17, 15) is 4.79 Å². The van der Waals surface area contributed by atoms with E-state index in [0.717, 1.165) is 34.3 Å². The Hall–Kier alpha value is -2.62. The molecule has 0 saturated heterocycles. The number of pyridine rings is 1. The summed E-state index contributed by atoms with van der Waals surface area (Å²) in [7, 11) is 0. The van der Waals surface area contributed by atoms with Crippen LogP contribution in [0.2, 0.25) is 0 Å². The molecule has 1 amide bonds. The maximum absolute atomic E-state index is 11.8. The summed E-state index contributed by atoms with van der Waals surface area (Å²) < 4.78 is 0. The largest absolute Gasteiger partial charge is 0.344 e. The quantitative estimate of drug-likeness (QED) is 0.759. The molecule has 4 heteroatoms. The van der Waals surface area contributed by atoms with Crippen LogP contribution in [0.5, 0.6) is 0 Å². The predicted octanol–water partition coefficient (Wildman–Crippen LogP) is 3.97.